The topological polar surface area (TPSA) is 29.1 Å². The van der Waals surface area contributed by atoms with Crippen molar-refractivity contribution < 1.29 is 9.28 Å². The van der Waals surface area contributed by atoms with Crippen molar-refractivity contribution in [2.75, 3.05) is 26.2 Å². The van der Waals surface area contributed by atoms with Crippen molar-refractivity contribution in [1.82, 2.24) is 5.32 Å². The highest BCUT2D eigenvalue weighted by molar-refractivity contribution is 5.67. The molecule has 2 fully saturated rings. The van der Waals surface area contributed by atoms with Crippen LogP contribution in [0.1, 0.15) is 26.7 Å². The average molecular weight is 183 g/mol. The van der Waals surface area contributed by atoms with Crippen LogP contribution in [0.3, 0.4) is 0 Å². The molecule has 1 aliphatic carbocycles. The number of quaternary nitrogens is 1. The number of nitrogens with zero attached hydrogens (tertiary/aromatic N) is 1. The van der Waals surface area contributed by atoms with Crippen LogP contribution >= 0.6 is 0 Å². The molecule has 0 aromatic heterocycles. The van der Waals surface area contributed by atoms with E-state index in [1.54, 1.807) is 6.92 Å². The lowest BCUT2D eigenvalue weighted by molar-refractivity contribution is -0.890. The molecule has 74 valence electrons. The van der Waals surface area contributed by atoms with Crippen LogP contribution in [0.15, 0.2) is 0 Å². The van der Waals surface area contributed by atoms with E-state index in [9.17, 15) is 4.79 Å². The highest BCUT2D eigenvalue weighted by Gasteiger charge is 2.62. The van der Waals surface area contributed by atoms with Gasteiger partial charge in [-0.25, -0.2) is 4.79 Å². The molecule has 0 bridgehead atoms. The maximum absolute atomic E-state index is 11.8. The first-order chi connectivity index (χ1) is 6.17. The lowest BCUT2D eigenvalue weighted by atomic mass is 10.1. The van der Waals surface area contributed by atoms with Crippen molar-refractivity contribution in [3.8, 4) is 0 Å². The summed E-state index contributed by atoms with van der Waals surface area (Å²) in [4.78, 5) is 11.8. The van der Waals surface area contributed by atoms with E-state index in [0.29, 0.717) is 11.4 Å². The van der Waals surface area contributed by atoms with E-state index in [0.717, 1.165) is 30.7 Å². The predicted octanol–water partition coefficient (Wildman–Crippen LogP) is 0.505. The van der Waals surface area contributed by atoms with E-state index in [4.69, 9.17) is 0 Å². The fourth-order valence-corrected chi connectivity index (χ4v) is 2.94. The van der Waals surface area contributed by atoms with Crippen LogP contribution in [-0.4, -0.2) is 42.1 Å². The van der Waals surface area contributed by atoms with Crippen LogP contribution in [0.2, 0.25) is 0 Å². The Morgan fingerprint density at radius 2 is 2.23 bits per heavy atom. The van der Waals surface area contributed by atoms with Crippen molar-refractivity contribution in [2.45, 2.75) is 32.2 Å². The minimum Gasteiger partial charge on any atom is -0.306 e. The molecule has 0 radical (unpaired) electrons. The molecule has 1 aliphatic heterocycles. The van der Waals surface area contributed by atoms with Crippen LogP contribution in [-0.2, 0) is 4.79 Å². The van der Waals surface area contributed by atoms with Crippen LogP contribution in [0.5, 0.6) is 0 Å². The fourth-order valence-electron chi connectivity index (χ4n) is 2.94. The summed E-state index contributed by atoms with van der Waals surface area (Å²) in [5.41, 5.74) is 0.291. The summed E-state index contributed by atoms with van der Waals surface area (Å²) in [5, 5.41) is 3.41. The van der Waals surface area contributed by atoms with Gasteiger partial charge in [0, 0.05) is 19.4 Å². The monoisotopic (exact) mass is 183 g/mol. The SMILES string of the molecule is CC[N+]1(C(C)=O)CCNCC12CC2. The van der Waals surface area contributed by atoms with Gasteiger partial charge in [-0.1, -0.05) is 0 Å². The number of piperazine rings is 1. The largest absolute Gasteiger partial charge is 0.311 e. The van der Waals surface area contributed by atoms with Crippen LogP contribution in [0.4, 0.5) is 0 Å². The summed E-state index contributed by atoms with van der Waals surface area (Å²) in [5.74, 6) is 0.363. The Morgan fingerprint density at radius 3 is 2.62 bits per heavy atom. The van der Waals surface area contributed by atoms with Gasteiger partial charge < -0.3 is 5.32 Å². The number of amides is 1. The summed E-state index contributed by atoms with van der Waals surface area (Å²) < 4.78 is 0.736. The van der Waals surface area contributed by atoms with Crippen LogP contribution in [0.25, 0.3) is 0 Å². The van der Waals surface area contributed by atoms with E-state index in [1.807, 2.05) is 0 Å². The highest BCUT2D eigenvalue weighted by atomic mass is 16.2. The first-order valence-corrected chi connectivity index (χ1v) is 5.26. The third kappa shape index (κ3) is 1.07. The van der Waals surface area contributed by atoms with Crippen molar-refractivity contribution in [3.63, 3.8) is 0 Å². The molecular formula is C10H19N2O+. The standard InChI is InChI=1S/C10H19N2O/c1-3-12(9(2)13)7-6-11-8-10(12)4-5-10/h11H,3-8H2,1-2H3/q+1. The molecule has 1 N–H and O–H groups in total. The summed E-state index contributed by atoms with van der Waals surface area (Å²) in [7, 11) is 0. The Morgan fingerprint density at radius 1 is 1.54 bits per heavy atom. The van der Waals surface area contributed by atoms with Gasteiger partial charge in [0.05, 0.1) is 26.6 Å². The zero-order chi connectivity index (χ0) is 9.53. The van der Waals surface area contributed by atoms with E-state index >= 15 is 0 Å². The number of carbonyl (C=O) groups excluding carboxylic acids is 1. The van der Waals surface area contributed by atoms with Gasteiger partial charge in [-0.15, -0.1) is 0 Å². The Balaban J connectivity index is 2.29. The number of nitrogens with one attached hydrogen (secondary N) is 1. The zero-order valence-corrected chi connectivity index (χ0v) is 8.60. The van der Waals surface area contributed by atoms with Gasteiger partial charge in [0.15, 0.2) is 0 Å². The Labute approximate surface area is 79.7 Å². The zero-order valence-electron chi connectivity index (χ0n) is 8.60. The third-order valence-electron chi connectivity index (χ3n) is 4.00. The maximum atomic E-state index is 11.8. The first kappa shape index (κ1) is 9.16. The Hall–Kier alpha value is -0.410. The normalized spacial score (nSPS) is 36.2. The van der Waals surface area contributed by atoms with Crippen molar-refractivity contribution in [2.24, 2.45) is 0 Å². The lowest BCUT2D eigenvalue weighted by Gasteiger charge is -2.45. The fraction of sp³-hybridized carbons (Fsp3) is 0.900. The first-order valence-electron chi connectivity index (χ1n) is 5.26. The molecule has 3 nitrogen and oxygen atoms in total. The van der Waals surface area contributed by atoms with Crippen molar-refractivity contribution in [1.29, 1.82) is 0 Å². The molecular weight excluding hydrogens is 164 g/mol. The van der Waals surface area contributed by atoms with Crippen molar-refractivity contribution in [3.05, 3.63) is 0 Å². The second-order valence-electron chi connectivity index (χ2n) is 4.43. The molecule has 1 atom stereocenters. The summed E-state index contributed by atoms with van der Waals surface area (Å²) in [6.07, 6.45) is 2.46. The second kappa shape index (κ2) is 2.79. The number of hydrogen-bond acceptors (Lipinski definition) is 2. The summed E-state index contributed by atoms with van der Waals surface area (Å²) in [6.45, 7) is 7.90. The van der Waals surface area contributed by atoms with Gasteiger partial charge in [0.1, 0.15) is 5.54 Å². The van der Waals surface area contributed by atoms with Gasteiger partial charge in [-0.3, -0.25) is 4.48 Å². The minimum absolute atomic E-state index is 0.291. The van der Waals surface area contributed by atoms with Gasteiger partial charge in [-0.05, 0) is 6.92 Å². The third-order valence-corrected chi connectivity index (χ3v) is 4.00. The molecule has 1 spiro atoms. The Kier molecular flexibility index (Phi) is 1.96. The molecule has 1 amide bonds. The van der Waals surface area contributed by atoms with Gasteiger partial charge in [0.25, 0.3) is 0 Å². The number of likely N-dealkylation sites (N-methyl/N-ethyl adjacent to an activating group) is 1. The average Bonchev–Trinajstić information content (AvgIpc) is 2.87. The van der Waals surface area contributed by atoms with E-state index in [2.05, 4.69) is 12.2 Å². The molecule has 2 aliphatic rings. The molecule has 13 heavy (non-hydrogen) atoms. The van der Waals surface area contributed by atoms with E-state index in [-0.39, 0.29) is 0 Å². The van der Waals surface area contributed by atoms with Crippen LogP contribution in [0, 0.1) is 0 Å². The molecule has 1 unspecified atom stereocenters. The molecule has 3 heteroatoms. The quantitative estimate of drug-likeness (QED) is 0.600. The molecule has 1 saturated heterocycles. The van der Waals surface area contributed by atoms with Gasteiger partial charge in [0.2, 0.25) is 0 Å². The predicted molar refractivity (Wildman–Crippen MR) is 51.2 cm³/mol. The number of carbonyl (C=O) groups is 1. The molecule has 1 saturated carbocycles. The van der Waals surface area contributed by atoms with Crippen LogP contribution < -0.4 is 5.32 Å². The summed E-state index contributed by atoms with van der Waals surface area (Å²) in [6, 6.07) is 0. The van der Waals surface area contributed by atoms with Gasteiger partial charge >= 0.3 is 5.91 Å². The van der Waals surface area contributed by atoms with E-state index in [1.165, 1.54) is 12.8 Å². The Bertz CT molecular complexity index is 235. The molecule has 0 aromatic carbocycles. The molecule has 0 aromatic rings. The lowest BCUT2D eigenvalue weighted by Crippen LogP contribution is -2.68. The van der Waals surface area contributed by atoms with Gasteiger partial charge in [-0.2, -0.15) is 0 Å². The summed E-state index contributed by atoms with van der Waals surface area (Å²) >= 11 is 0. The van der Waals surface area contributed by atoms with Crippen molar-refractivity contribution >= 4 is 5.91 Å². The second-order valence-corrected chi connectivity index (χ2v) is 4.43. The smallest absolute Gasteiger partial charge is 0.306 e. The minimum atomic E-state index is 0.291. The van der Waals surface area contributed by atoms with E-state index < -0.39 is 0 Å². The number of hydrogen-bond donors (Lipinski definition) is 1. The molecule has 2 rings (SSSR count). The molecule has 1 heterocycles. The number of rotatable bonds is 1. The maximum Gasteiger partial charge on any atom is 0.311 e. The highest BCUT2D eigenvalue weighted by Crippen LogP contribution is 2.47.